The number of rotatable bonds is 3. The van der Waals surface area contributed by atoms with Crippen LogP contribution < -0.4 is 0 Å². The molecule has 0 aliphatic heterocycles. The summed E-state index contributed by atoms with van der Waals surface area (Å²) >= 11 is 0. The van der Waals surface area contributed by atoms with Crippen LogP contribution in [-0.4, -0.2) is 15.0 Å². The maximum absolute atomic E-state index is 6.38. The highest BCUT2D eigenvalue weighted by Crippen LogP contribution is 2.41. The monoisotopic (exact) mass is 549 g/mol. The van der Waals surface area contributed by atoms with Gasteiger partial charge in [0.15, 0.2) is 17.5 Å². The average molecular weight is 550 g/mol. The number of nitrogens with zero attached hydrogens (tertiary/aromatic N) is 3. The van der Waals surface area contributed by atoms with E-state index < -0.39 is 0 Å². The molecule has 0 saturated carbocycles. The zero-order chi connectivity index (χ0) is 28.3. The Balaban J connectivity index is 1.38. The molecule has 9 aromatic rings. The molecule has 0 amide bonds. The lowest BCUT2D eigenvalue weighted by Crippen LogP contribution is -2.01. The number of hydrogen-bond acceptors (Lipinski definition) is 4. The topological polar surface area (TPSA) is 51.8 Å². The number of benzene rings is 7. The van der Waals surface area contributed by atoms with Crippen molar-refractivity contribution < 1.29 is 4.42 Å². The smallest absolute Gasteiger partial charge is 0.165 e. The van der Waals surface area contributed by atoms with Crippen LogP contribution in [-0.2, 0) is 0 Å². The van der Waals surface area contributed by atoms with E-state index in [1.54, 1.807) is 0 Å². The number of hydrogen-bond donors (Lipinski definition) is 0. The SMILES string of the molecule is c1ccc2cc(-c3nc(-c4ccc5ccccc5c4)nc(-c4c5ccccc5cc5oc6ccccc6c45)n3)ccc2c1. The lowest BCUT2D eigenvalue weighted by Gasteiger charge is -2.12. The molecule has 0 spiro atoms. The fraction of sp³-hybridized carbons (Fsp3) is 0. The highest BCUT2D eigenvalue weighted by atomic mass is 16.3. The molecule has 0 fully saturated rings. The van der Waals surface area contributed by atoms with E-state index in [0.717, 1.165) is 60.2 Å². The standard InChI is InChI=1S/C39H23N3O/c1-3-11-26-21-29(19-17-24(26)9-1)37-40-38(30-20-18-25-10-2-4-12-27(25)22-30)42-39(41-37)36-31-14-6-5-13-28(31)23-34-35(36)32-15-7-8-16-33(32)43-34/h1-23H. The van der Waals surface area contributed by atoms with E-state index in [1.165, 1.54) is 10.8 Å². The molecule has 2 aromatic heterocycles. The molecule has 0 saturated heterocycles. The fourth-order valence-electron chi connectivity index (χ4n) is 6.19. The summed E-state index contributed by atoms with van der Waals surface area (Å²) < 4.78 is 6.38. The minimum Gasteiger partial charge on any atom is -0.456 e. The van der Waals surface area contributed by atoms with Crippen molar-refractivity contribution >= 4 is 54.3 Å². The van der Waals surface area contributed by atoms with Gasteiger partial charge < -0.3 is 4.42 Å². The molecule has 0 atom stereocenters. The van der Waals surface area contributed by atoms with Gasteiger partial charge in [0, 0.05) is 27.5 Å². The lowest BCUT2D eigenvalue weighted by atomic mass is 9.97. The van der Waals surface area contributed by atoms with Crippen LogP contribution in [0.1, 0.15) is 0 Å². The highest BCUT2D eigenvalue weighted by molar-refractivity contribution is 6.20. The maximum Gasteiger partial charge on any atom is 0.165 e. The maximum atomic E-state index is 6.38. The Kier molecular flexibility index (Phi) is 5.16. The molecule has 9 rings (SSSR count). The molecule has 0 bridgehead atoms. The summed E-state index contributed by atoms with van der Waals surface area (Å²) in [5, 5.41) is 8.83. The molecule has 0 aliphatic rings. The Morgan fingerprint density at radius 2 is 0.884 bits per heavy atom. The van der Waals surface area contributed by atoms with Gasteiger partial charge in [-0.05, 0) is 56.6 Å². The number of furan rings is 1. The van der Waals surface area contributed by atoms with Gasteiger partial charge in [0.05, 0.1) is 0 Å². The molecular formula is C39H23N3O. The van der Waals surface area contributed by atoms with E-state index in [1.807, 2.05) is 18.2 Å². The van der Waals surface area contributed by atoms with Gasteiger partial charge in [0.1, 0.15) is 11.2 Å². The van der Waals surface area contributed by atoms with Crippen LogP contribution >= 0.6 is 0 Å². The van der Waals surface area contributed by atoms with E-state index in [2.05, 4.69) is 121 Å². The van der Waals surface area contributed by atoms with E-state index in [4.69, 9.17) is 19.4 Å². The molecule has 43 heavy (non-hydrogen) atoms. The summed E-state index contributed by atoms with van der Waals surface area (Å²) in [6.07, 6.45) is 0. The number of fused-ring (bicyclic) bond motifs is 6. The molecule has 7 aromatic carbocycles. The largest absolute Gasteiger partial charge is 0.456 e. The molecule has 4 heteroatoms. The first-order chi connectivity index (χ1) is 21.3. The minimum atomic E-state index is 0.620. The first-order valence-corrected chi connectivity index (χ1v) is 14.4. The second kappa shape index (κ2) is 9.33. The molecule has 200 valence electrons. The van der Waals surface area contributed by atoms with Crippen LogP contribution in [0.15, 0.2) is 144 Å². The second-order valence-corrected chi connectivity index (χ2v) is 10.9. The lowest BCUT2D eigenvalue weighted by molar-refractivity contribution is 0.669. The zero-order valence-electron chi connectivity index (χ0n) is 23.0. The van der Waals surface area contributed by atoms with E-state index >= 15 is 0 Å². The summed E-state index contributed by atoms with van der Waals surface area (Å²) in [6, 6.07) is 48.1. The van der Waals surface area contributed by atoms with Crippen LogP contribution in [0.4, 0.5) is 0 Å². The summed E-state index contributed by atoms with van der Waals surface area (Å²) in [5.74, 6) is 1.88. The summed E-state index contributed by atoms with van der Waals surface area (Å²) in [5.41, 5.74) is 4.49. The molecule has 2 heterocycles. The van der Waals surface area contributed by atoms with Crippen LogP contribution in [0.25, 0.3) is 88.4 Å². The Bertz CT molecular complexity index is 2430. The molecule has 0 aliphatic carbocycles. The highest BCUT2D eigenvalue weighted by Gasteiger charge is 2.21. The van der Waals surface area contributed by atoms with Crippen LogP contribution in [0.3, 0.4) is 0 Å². The Morgan fingerprint density at radius 1 is 0.372 bits per heavy atom. The molecule has 0 radical (unpaired) electrons. The van der Waals surface area contributed by atoms with Crippen LogP contribution in [0.2, 0.25) is 0 Å². The van der Waals surface area contributed by atoms with Crippen molar-refractivity contribution in [1.82, 2.24) is 15.0 Å². The third kappa shape index (κ3) is 3.88. The number of para-hydroxylation sites is 1. The van der Waals surface area contributed by atoms with Crippen molar-refractivity contribution in [3.05, 3.63) is 140 Å². The van der Waals surface area contributed by atoms with E-state index in [0.29, 0.717) is 17.5 Å². The van der Waals surface area contributed by atoms with Crippen LogP contribution in [0.5, 0.6) is 0 Å². The first-order valence-electron chi connectivity index (χ1n) is 14.4. The van der Waals surface area contributed by atoms with Crippen molar-refractivity contribution in [3.63, 3.8) is 0 Å². The van der Waals surface area contributed by atoms with Gasteiger partial charge >= 0.3 is 0 Å². The van der Waals surface area contributed by atoms with Gasteiger partial charge in [-0.2, -0.15) is 0 Å². The quantitative estimate of drug-likeness (QED) is 0.220. The summed E-state index contributed by atoms with van der Waals surface area (Å²) in [7, 11) is 0. The van der Waals surface area contributed by atoms with Crippen LogP contribution in [0, 0.1) is 0 Å². The Morgan fingerprint density at radius 3 is 1.53 bits per heavy atom. The predicted octanol–water partition coefficient (Wildman–Crippen LogP) is 10.2. The number of aromatic nitrogens is 3. The Hall–Kier alpha value is -5.87. The van der Waals surface area contributed by atoms with E-state index in [9.17, 15) is 0 Å². The van der Waals surface area contributed by atoms with Gasteiger partial charge in [-0.25, -0.2) is 15.0 Å². The van der Waals surface area contributed by atoms with Crippen molar-refractivity contribution in [3.8, 4) is 34.2 Å². The second-order valence-electron chi connectivity index (χ2n) is 10.9. The van der Waals surface area contributed by atoms with Gasteiger partial charge in [0.25, 0.3) is 0 Å². The fourth-order valence-corrected chi connectivity index (χ4v) is 6.19. The van der Waals surface area contributed by atoms with Crippen molar-refractivity contribution in [2.75, 3.05) is 0 Å². The first kappa shape index (κ1) is 23.8. The zero-order valence-corrected chi connectivity index (χ0v) is 23.0. The van der Waals surface area contributed by atoms with Gasteiger partial charge in [-0.3, -0.25) is 0 Å². The van der Waals surface area contributed by atoms with Crippen molar-refractivity contribution in [2.24, 2.45) is 0 Å². The predicted molar refractivity (Wildman–Crippen MR) is 176 cm³/mol. The van der Waals surface area contributed by atoms with Gasteiger partial charge in [-0.15, -0.1) is 0 Å². The normalized spacial score (nSPS) is 11.7. The van der Waals surface area contributed by atoms with Gasteiger partial charge in [-0.1, -0.05) is 115 Å². The Labute approximate surface area is 246 Å². The average Bonchev–Trinajstić information content (AvgIpc) is 3.44. The molecule has 4 nitrogen and oxygen atoms in total. The summed E-state index contributed by atoms with van der Waals surface area (Å²) in [6.45, 7) is 0. The third-order valence-corrected chi connectivity index (χ3v) is 8.26. The molecule has 0 unspecified atom stereocenters. The molecule has 0 N–H and O–H groups in total. The minimum absolute atomic E-state index is 0.620. The van der Waals surface area contributed by atoms with Crippen molar-refractivity contribution in [2.45, 2.75) is 0 Å². The molecular weight excluding hydrogens is 526 g/mol. The third-order valence-electron chi connectivity index (χ3n) is 8.26. The van der Waals surface area contributed by atoms with Gasteiger partial charge in [0.2, 0.25) is 0 Å². The van der Waals surface area contributed by atoms with Crippen molar-refractivity contribution in [1.29, 1.82) is 0 Å². The van der Waals surface area contributed by atoms with E-state index in [-0.39, 0.29) is 0 Å². The summed E-state index contributed by atoms with van der Waals surface area (Å²) in [4.78, 5) is 15.5.